The molecule has 1 saturated heterocycles. The summed E-state index contributed by atoms with van der Waals surface area (Å²) in [7, 11) is 0. The van der Waals surface area contributed by atoms with Crippen LogP contribution in [-0.4, -0.2) is 60.4 Å². The molecule has 154 valence electrons. The van der Waals surface area contributed by atoms with Gasteiger partial charge in [-0.15, -0.1) is 0 Å². The van der Waals surface area contributed by atoms with Gasteiger partial charge in [-0.25, -0.2) is 4.79 Å². The molecule has 1 heterocycles. The highest BCUT2D eigenvalue weighted by Gasteiger charge is 2.23. The van der Waals surface area contributed by atoms with E-state index >= 15 is 0 Å². The van der Waals surface area contributed by atoms with Gasteiger partial charge >= 0.3 is 6.09 Å². The molecule has 1 fully saturated rings. The first kappa shape index (κ1) is 22.9. The van der Waals surface area contributed by atoms with E-state index in [1.165, 1.54) is 6.92 Å². The summed E-state index contributed by atoms with van der Waals surface area (Å²) < 4.78 is 5.10. The van der Waals surface area contributed by atoms with Crippen LogP contribution >= 0.6 is 0 Å². The molecule has 27 heavy (non-hydrogen) atoms. The number of carbonyl (C=O) groups is 4. The maximum atomic E-state index is 12.0. The van der Waals surface area contributed by atoms with Crippen molar-refractivity contribution < 1.29 is 23.9 Å². The van der Waals surface area contributed by atoms with Gasteiger partial charge in [0.15, 0.2) is 0 Å². The molecular weight excluding hydrogens is 350 g/mol. The minimum atomic E-state index is -0.561. The lowest BCUT2D eigenvalue weighted by molar-refractivity contribution is -0.134. The Morgan fingerprint density at radius 3 is 2.19 bits per heavy atom. The molecule has 0 aromatic heterocycles. The van der Waals surface area contributed by atoms with Crippen LogP contribution in [0, 0.1) is 5.92 Å². The fraction of sp³-hybridized carbons (Fsp3) is 0.789. The summed E-state index contributed by atoms with van der Waals surface area (Å²) in [6.07, 6.45) is 1.91. The predicted octanol–water partition coefficient (Wildman–Crippen LogP) is 1.63. The second kappa shape index (κ2) is 10.9. The molecule has 0 spiro atoms. The van der Waals surface area contributed by atoms with E-state index in [1.807, 2.05) is 0 Å². The second-order valence-corrected chi connectivity index (χ2v) is 8.01. The van der Waals surface area contributed by atoms with Crippen LogP contribution in [0.2, 0.25) is 0 Å². The normalized spacial score (nSPS) is 15.2. The standard InChI is InChI=1S/C19H33N3O5/c1-14(23)5-6-17(25)22-11-8-15(9-12-22)13-21-16(24)7-10-20-18(26)27-19(2,3)4/h15H,5-13H2,1-4H3,(H,20,26)(H,21,24). The van der Waals surface area contributed by atoms with Crippen molar-refractivity contribution in [3.63, 3.8) is 0 Å². The maximum absolute atomic E-state index is 12.0. The summed E-state index contributed by atoms with van der Waals surface area (Å²) in [5.74, 6) is 0.277. The number of nitrogens with one attached hydrogen (secondary N) is 2. The van der Waals surface area contributed by atoms with Crippen molar-refractivity contribution in [3.05, 3.63) is 0 Å². The van der Waals surface area contributed by atoms with Gasteiger partial charge in [-0.2, -0.15) is 0 Å². The third-order valence-corrected chi connectivity index (χ3v) is 4.27. The second-order valence-electron chi connectivity index (χ2n) is 8.01. The molecule has 2 N–H and O–H groups in total. The highest BCUT2D eigenvalue weighted by Crippen LogP contribution is 2.17. The van der Waals surface area contributed by atoms with Crippen molar-refractivity contribution in [3.8, 4) is 0 Å². The van der Waals surface area contributed by atoms with E-state index in [2.05, 4.69) is 10.6 Å². The van der Waals surface area contributed by atoms with Gasteiger partial charge in [0.05, 0.1) is 0 Å². The minimum Gasteiger partial charge on any atom is -0.444 e. The lowest BCUT2D eigenvalue weighted by Gasteiger charge is -2.32. The van der Waals surface area contributed by atoms with Gasteiger partial charge in [0.1, 0.15) is 11.4 Å². The number of hydrogen-bond acceptors (Lipinski definition) is 5. The molecular formula is C19H33N3O5. The van der Waals surface area contributed by atoms with Crippen LogP contribution in [0.15, 0.2) is 0 Å². The van der Waals surface area contributed by atoms with Gasteiger partial charge < -0.3 is 25.1 Å². The first-order chi connectivity index (χ1) is 12.6. The average molecular weight is 383 g/mol. The van der Waals surface area contributed by atoms with Crippen molar-refractivity contribution in [1.29, 1.82) is 0 Å². The van der Waals surface area contributed by atoms with Gasteiger partial charge in [-0.05, 0) is 46.5 Å². The summed E-state index contributed by atoms with van der Waals surface area (Å²) in [5.41, 5.74) is -0.561. The summed E-state index contributed by atoms with van der Waals surface area (Å²) in [6.45, 7) is 8.95. The van der Waals surface area contributed by atoms with Crippen molar-refractivity contribution in [2.45, 2.75) is 65.4 Å². The van der Waals surface area contributed by atoms with Crippen LogP contribution in [0.5, 0.6) is 0 Å². The molecule has 0 atom stereocenters. The van der Waals surface area contributed by atoms with Crippen LogP contribution < -0.4 is 10.6 Å². The highest BCUT2D eigenvalue weighted by molar-refractivity contribution is 5.83. The molecule has 1 aliphatic heterocycles. The molecule has 8 heteroatoms. The number of ether oxygens (including phenoxy) is 1. The number of likely N-dealkylation sites (tertiary alicyclic amines) is 1. The quantitative estimate of drug-likeness (QED) is 0.663. The fourth-order valence-corrected chi connectivity index (χ4v) is 2.77. The summed E-state index contributed by atoms with van der Waals surface area (Å²) in [5, 5.41) is 5.44. The van der Waals surface area contributed by atoms with Crippen LogP contribution in [-0.2, 0) is 19.1 Å². The van der Waals surface area contributed by atoms with E-state index in [-0.39, 0.29) is 37.0 Å². The van der Waals surface area contributed by atoms with E-state index < -0.39 is 11.7 Å². The Labute approximate surface area is 161 Å². The molecule has 0 bridgehead atoms. The number of piperidine rings is 1. The van der Waals surface area contributed by atoms with Gasteiger partial charge in [0, 0.05) is 45.4 Å². The Morgan fingerprint density at radius 1 is 1.00 bits per heavy atom. The molecule has 0 aliphatic carbocycles. The van der Waals surface area contributed by atoms with E-state index in [0.29, 0.717) is 32.0 Å². The number of amides is 3. The summed E-state index contributed by atoms with van der Waals surface area (Å²) in [4.78, 5) is 48.1. The zero-order chi connectivity index (χ0) is 20.4. The topological polar surface area (TPSA) is 105 Å². The smallest absolute Gasteiger partial charge is 0.407 e. The summed E-state index contributed by atoms with van der Waals surface area (Å²) in [6, 6.07) is 0. The average Bonchev–Trinajstić information content (AvgIpc) is 2.56. The van der Waals surface area contributed by atoms with Gasteiger partial charge in [0.25, 0.3) is 0 Å². The number of carbonyl (C=O) groups excluding carboxylic acids is 4. The van der Waals surface area contributed by atoms with Gasteiger partial charge in [-0.1, -0.05) is 0 Å². The van der Waals surface area contributed by atoms with Gasteiger partial charge in [-0.3, -0.25) is 9.59 Å². The molecule has 8 nitrogen and oxygen atoms in total. The Balaban J connectivity index is 2.15. The van der Waals surface area contributed by atoms with Crippen molar-refractivity contribution in [2.75, 3.05) is 26.2 Å². The van der Waals surface area contributed by atoms with Crippen LogP contribution in [0.3, 0.4) is 0 Å². The highest BCUT2D eigenvalue weighted by atomic mass is 16.6. The maximum Gasteiger partial charge on any atom is 0.407 e. The number of nitrogens with zero attached hydrogens (tertiary/aromatic N) is 1. The zero-order valence-corrected chi connectivity index (χ0v) is 16.9. The Bertz CT molecular complexity index is 534. The molecule has 0 unspecified atom stereocenters. The molecule has 0 aromatic rings. The zero-order valence-electron chi connectivity index (χ0n) is 16.9. The molecule has 0 radical (unpaired) electrons. The van der Waals surface area contributed by atoms with E-state index in [4.69, 9.17) is 4.74 Å². The number of alkyl carbamates (subject to hydrolysis) is 1. The lowest BCUT2D eigenvalue weighted by Crippen LogP contribution is -2.42. The number of ketones is 1. The van der Waals surface area contributed by atoms with Crippen LogP contribution in [0.25, 0.3) is 0 Å². The summed E-state index contributed by atoms with van der Waals surface area (Å²) >= 11 is 0. The van der Waals surface area contributed by atoms with Crippen molar-refractivity contribution in [2.24, 2.45) is 5.92 Å². The van der Waals surface area contributed by atoms with Crippen LogP contribution in [0.1, 0.15) is 59.8 Å². The third kappa shape index (κ3) is 10.6. The van der Waals surface area contributed by atoms with Crippen LogP contribution in [0.4, 0.5) is 4.79 Å². The van der Waals surface area contributed by atoms with Crippen molar-refractivity contribution >= 4 is 23.7 Å². The largest absolute Gasteiger partial charge is 0.444 e. The van der Waals surface area contributed by atoms with E-state index in [9.17, 15) is 19.2 Å². The Morgan fingerprint density at radius 2 is 1.63 bits per heavy atom. The molecule has 0 saturated carbocycles. The minimum absolute atomic E-state index is 0.0286. The first-order valence-corrected chi connectivity index (χ1v) is 9.57. The van der Waals surface area contributed by atoms with Gasteiger partial charge in [0.2, 0.25) is 11.8 Å². The number of rotatable bonds is 8. The number of hydrogen-bond donors (Lipinski definition) is 2. The molecule has 0 aromatic carbocycles. The molecule has 1 aliphatic rings. The third-order valence-electron chi connectivity index (χ3n) is 4.27. The monoisotopic (exact) mass is 383 g/mol. The van der Waals surface area contributed by atoms with E-state index in [1.54, 1.807) is 25.7 Å². The molecule has 3 amide bonds. The SMILES string of the molecule is CC(=O)CCC(=O)N1CCC(CNC(=O)CCNC(=O)OC(C)(C)C)CC1. The van der Waals surface area contributed by atoms with E-state index in [0.717, 1.165) is 12.8 Å². The number of Topliss-reactive ketones (excluding diaryl/α,β-unsaturated/α-hetero) is 1. The van der Waals surface area contributed by atoms with Crippen molar-refractivity contribution in [1.82, 2.24) is 15.5 Å². The first-order valence-electron chi connectivity index (χ1n) is 9.57. The Kier molecular flexibility index (Phi) is 9.25. The lowest BCUT2D eigenvalue weighted by atomic mass is 9.96. The fourth-order valence-electron chi connectivity index (χ4n) is 2.77. The molecule has 1 rings (SSSR count). The predicted molar refractivity (Wildman–Crippen MR) is 101 cm³/mol. The Hall–Kier alpha value is -2.12.